The number of nitrogens with one attached hydrogen (secondary N) is 1. The van der Waals surface area contributed by atoms with Crippen LogP contribution < -0.4 is 17.0 Å². The molecule has 0 radical (unpaired) electrons. The van der Waals surface area contributed by atoms with Gasteiger partial charge in [-0.1, -0.05) is 0 Å². The monoisotopic (exact) mass is 199 g/mol. The van der Waals surface area contributed by atoms with Crippen molar-refractivity contribution in [3.63, 3.8) is 0 Å². The molecule has 0 fully saturated rings. The summed E-state index contributed by atoms with van der Waals surface area (Å²) in [5.41, 5.74) is 4.40. The lowest BCUT2D eigenvalue weighted by Gasteiger charge is -2.04. The van der Waals surface area contributed by atoms with Crippen LogP contribution in [0.1, 0.15) is 0 Å². The van der Waals surface area contributed by atoms with Crippen molar-refractivity contribution in [1.82, 2.24) is 9.55 Å². The lowest BCUT2D eigenvalue weighted by molar-refractivity contribution is 0.132. The lowest BCUT2D eigenvalue weighted by atomic mass is 10.6. The fourth-order valence-electron chi connectivity index (χ4n) is 0.969. The second-order valence-corrected chi connectivity index (χ2v) is 2.70. The van der Waals surface area contributed by atoms with Gasteiger partial charge in [-0.05, 0) is 0 Å². The molecule has 0 saturated carbocycles. The molecule has 0 amide bonds. The highest BCUT2D eigenvalue weighted by Gasteiger charge is 1.95. The Morgan fingerprint density at radius 2 is 2.21 bits per heavy atom. The third-order valence-corrected chi connectivity index (χ3v) is 1.64. The first-order valence-corrected chi connectivity index (χ1v) is 4.31. The molecule has 1 aromatic rings. The Morgan fingerprint density at radius 3 is 2.86 bits per heavy atom. The van der Waals surface area contributed by atoms with Crippen LogP contribution in [0.15, 0.2) is 21.9 Å². The van der Waals surface area contributed by atoms with Crippen LogP contribution in [0.5, 0.6) is 0 Å². The number of ether oxygens (including phenoxy) is 1. The van der Waals surface area contributed by atoms with Crippen LogP contribution in [0.4, 0.5) is 0 Å². The third kappa shape index (κ3) is 3.15. The van der Waals surface area contributed by atoms with E-state index < -0.39 is 11.2 Å². The van der Waals surface area contributed by atoms with E-state index in [1.807, 2.05) is 0 Å². The molecule has 6 nitrogen and oxygen atoms in total. The maximum absolute atomic E-state index is 11.1. The van der Waals surface area contributed by atoms with Crippen LogP contribution in [0.25, 0.3) is 0 Å². The van der Waals surface area contributed by atoms with E-state index in [0.717, 1.165) is 0 Å². The molecular formula is C8H13N3O3. The molecule has 0 atom stereocenters. The van der Waals surface area contributed by atoms with Crippen molar-refractivity contribution in [3.05, 3.63) is 33.1 Å². The van der Waals surface area contributed by atoms with Crippen LogP contribution in [-0.2, 0) is 11.3 Å². The van der Waals surface area contributed by atoms with Gasteiger partial charge in [-0.25, -0.2) is 4.79 Å². The van der Waals surface area contributed by atoms with Crippen molar-refractivity contribution in [2.24, 2.45) is 5.73 Å². The van der Waals surface area contributed by atoms with Crippen molar-refractivity contribution < 1.29 is 4.74 Å². The summed E-state index contributed by atoms with van der Waals surface area (Å²) in [6.07, 6.45) is 1.44. The van der Waals surface area contributed by atoms with Gasteiger partial charge >= 0.3 is 5.69 Å². The summed E-state index contributed by atoms with van der Waals surface area (Å²) in [5, 5.41) is 0. The topological polar surface area (TPSA) is 90.1 Å². The van der Waals surface area contributed by atoms with Crippen LogP contribution in [0, 0.1) is 0 Å². The summed E-state index contributed by atoms with van der Waals surface area (Å²) in [5.74, 6) is 0. The summed E-state index contributed by atoms with van der Waals surface area (Å²) in [7, 11) is 0. The standard InChI is InChI=1S/C8H13N3O3/c9-2-5-14-6-4-11-3-1-7(12)10-8(11)13/h1,3H,2,4-6,9H2,(H,10,12,13). The van der Waals surface area contributed by atoms with Crippen LogP contribution in [0.3, 0.4) is 0 Å². The molecule has 0 aliphatic heterocycles. The minimum absolute atomic E-state index is 0.394. The summed E-state index contributed by atoms with van der Waals surface area (Å²) in [6.45, 7) is 1.75. The number of nitrogens with two attached hydrogens (primary N) is 1. The predicted molar refractivity (Wildman–Crippen MR) is 51.2 cm³/mol. The molecule has 3 N–H and O–H groups in total. The van der Waals surface area contributed by atoms with E-state index >= 15 is 0 Å². The number of H-pyrrole nitrogens is 1. The molecule has 0 unspecified atom stereocenters. The van der Waals surface area contributed by atoms with Crippen molar-refractivity contribution in [2.75, 3.05) is 19.8 Å². The van der Waals surface area contributed by atoms with Gasteiger partial charge in [-0.15, -0.1) is 0 Å². The summed E-state index contributed by atoms with van der Waals surface area (Å²) in [6, 6.07) is 1.30. The van der Waals surface area contributed by atoms with Crippen LogP contribution in [-0.4, -0.2) is 29.3 Å². The Labute approximate surface area is 80.3 Å². The first-order valence-electron chi connectivity index (χ1n) is 4.31. The molecule has 0 saturated heterocycles. The molecule has 1 aromatic heterocycles. The van der Waals surface area contributed by atoms with Gasteiger partial charge in [0.1, 0.15) is 0 Å². The smallest absolute Gasteiger partial charge is 0.328 e. The minimum Gasteiger partial charge on any atom is -0.378 e. The number of nitrogens with zero attached hydrogens (tertiary/aromatic N) is 1. The molecular weight excluding hydrogens is 186 g/mol. The van der Waals surface area contributed by atoms with Crippen molar-refractivity contribution >= 4 is 0 Å². The molecule has 1 rings (SSSR count). The Bertz CT molecular complexity index is 382. The minimum atomic E-state index is -0.422. The predicted octanol–water partition coefficient (Wildman–Crippen LogP) is -1.49. The number of rotatable bonds is 5. The molecule has 0 aliphatic rings. The highest BCUT2D eigenvalue weighted by atomic mass is 16.5. The van der Waals surface area contributed by atoms with Gasteiger partial charge in [0.05, 0.1) is 19.8 Å². The van der Waals surface area contributed by atoms with Crippen molar-refractivity contribution in [1.29, 1.82) is 0 Å². The first kappa shape index (κ1) is 10.7. The molecule has 0 aromatic carbocycles. The third-order valence-electron chi connectivity index (χ3n) is 1.64. The van der Waals surface area contributed by atoms with Crippen molar-refractivity contribution in [3.8, 4) is 0 Å². The molecule has 0 spiro atoms. The largest absolute Gasteiger partial charge is 0.378 e. The van der Waals surface area contributed by atoms with Gasteiger partial charge in [0, 0.05) is 18.8 Å². The fraction of sp³-hybridized carbons (Fsp3) is 0.500. The summed E-state index contributed by atoms with van der Waals surface area (Å²) in [4.78, 5) is 24.0. The average Bonchev–Trinajstić information content (AvgIpc) is 2.15. The number of hydrogen-bond acceptors (Lipinski definition) is 4. The zero-order valence-corrected chi connectivity index (χ0v) is 7.73. The van der Waals surface area contributed by atoms with E-state index in [-0.39, 0.29) is 0 Å². The Morgan fingerprint density at radius 1 is 1.43 bits per heavy atom. The molecule has 78 valence electrons. The SMILES string of the molecule is NCCOCCn1ccc(=O)[nH]c1=O. The van der Waals surface area contributed by atoms with E-state index in [1.165, 1.54) is 16.8 Å². The number of aromatic nitrogens is 2. The summed E-state index contributed by atoms with van der Waals surface area (Å²) < 4.78 is 6.47. The highest BCUT2D eigenvalue weighted by molar-refractivity contribution is 4.82. The molecule has 14 heavy (non-hydrogen) atoms. The van der Waals surface area contributed by atoms with E-state index in [4.69, 9.17) is 10.5 Å². The van der Waals surface area contributed by atoms with Gasteiger partial charge in [0.25, 0.3) is 5.56 Å². The van der Waals surface area contributed by atoms with E-state index in [2.05, 4.69) is 4.98 Å². The van der Waals surface area contributed by atoms with Gasteiger partial charge in [0.2, 0.25) is 0 Å². The highest BCUT2D eigenvalue weighted by Crippen LogP contribution is 1.79. The zero-order valence-electron chi connectivity index (χ0n) is 7.73. The van der Waals surface area contributed by atoms with E-state index in [0.29, 0.717) is 26.3 Å². The van der Waals surface area contributed by atoms with Crippen molar-refractivity contribution in [2.45, 2.75) is 6.54 Å². The quantitative estimate of drug-likeness (QED) is 0.565. The van der Waals surface area contributed by atoms with E-state index in [1.54, 1.807) is 0 Å². The van der Waals surface area contributed by atoms with Crippen LogP contribution in [0.2, 0.25) is 0 Å². The molecule has 1 heterocycles. The summed E-state index contributed by atoms with van der Waals surface area (Å²) >= 11 is 0. The Hall–Kier alpha value is -1.40. The number of hydrogen-bond donors (Lipinski definition) is 2. The molecule has 0 aliphatic carbocycles. The zero-order chi connectivity index (χ0) is 10.4. The van der Waals surface area contributed by atoms with Gasteiger partial charge in [-0.2, -0.15) is 0 Å². The number of aromatic amines is 1. The second-order valence-electron chi connectivity index (χ2n) is 2.70. The lowest BCUT2D eigenvalue weighted by Crippen LogP contribution is -2.30. The molecule has 6 heteroatoms. The van der Waals surface area contributed by atoms with Gasteiger partial charge < -0.3 is 10.5 Å². The normalized spacial score (nSPS) is 10.4. The fourth-order valence-corrected chi connectivity index (χ4v) is 0.969. The van der Waals surface area contributed by atoms with Crippen LogP contribution >= 0.6 is 0 Å². The van der Waals surface area contributed by atoms with E-state index in [9.17, 15) is 9.59 Å². The first-order chi connectivity index (χ1) is 6.74. The van der Waals surface area contributed by atoms with Gasteiger partial charge in [-0.3, -0.25) is 14.3 Å². The van der Waals surface area contributed by atoms with Gasteiger partial charge in [0.15, 0.2) is 0 Å². The Balaban J connectivity index is 2.51. The second kappa shape index (κ2) is 5.36. The Kier molecular flexibility index (Phi) is 4.09. The average molecular weight is 199 g/mol. The maximum atomic E-state index is 11.1. The maximum Gasteiger partial charge on any atom is 0.328 e. The molecule has 0 bridgehead atoms.